The van der Waals surface area contributed by atoms with Crippen LogP contribution < -0.4 is 5.32 Å². The van der Waals surface area contributed by atoms with Crippen molar-refractivity contribution in [3.8, 4) is 0 Å². The maximum Gasteiger partial charge on any atom is 0.416 e. The highest BCUT2D eigenvalue weighted by molar-refractivity contribution is 5.96. The van der Waals surface area contributed by atoms with Gasteiger partial charge in [0.15, 0.2) is 0 Å². The summed E-state index contributed by atoms with van der Waals surface area (Å²) in [6, 6.07) is 5.07. The summed E-state index contributed by atoms with van der Waals surface area (Å²) in [6.45, 7) is 2.37. The second-order valence-corrected chi connectivity index (χ2v) is 7.19. The smallest absolute Gasteiger partial charge is 0.336 e. The molecule has 1 saturated heterocycles. The van der Waals surface area contributed by atoms with Crippen LogP contribution in [0.3, 0.4) is 0 Å². The summed E-state index contributed by atoms with van der Waals surface area (Å²) in [6.07, 6.45) is -0.898. The standard InChI is InChI=1S/C19H20F4N6/c1-12(20)8-29-17(27-16-7-24-11-25-18(16)29)14-6-26-28(10-14)9-13-3-2-4-15(5-13)19(21,22)23/h2-6,10-12,16-17,27H,7-9H2,1H3. The van der Waals surface area contributed by atoms with Crippen molar-refractivity contribution in [1.82, 2.24) is 20.0 Å². The maximum absolute atomic E-state index is 13.8. The van der Waals surface area contributed by atoms with Gasteiger partial charge in [0.2, 0.25) is 0 Å². The van der Waals surface area contributed by atoms with E-state index in [0.29, 0.717) is 12.1 Å². The number of amidine groups is 1. The number of nitrogens with one attached hydrogen (secondary N) is 1. The number of benzene rings is 1. The molecule has 0 aliphatic carbocycles. The van der Waals surface area contributed by atoms with Gasteiger partial charge in [0.1, 0.15) is 24.5 Å². The number of nitrogens with zero attached hydrogens (tertiary/aromatic N) is 5. The van der Waals surface area contributed by atoms with Crippen molar-refractivity contribution in [2.75, 3.05) is 13.1 Å². The molecule has 2 aliphatic rings. The molecule has 6 nitrogen and oxygen atoms in total. The summed E-state index contributed by atoms with van der Waals surface area (Å²) in [5.41, 5.74) is 0.592. The number of fused-ring (bicyclic) bond motifs is 1. The van der Waals surface area contributed by atoms with Crippen LogP contribution in [0, 0.1) is 0 Å². The third-order valence-corrected chi connectivity index (χ3v) is 4.85. The van der Waals surface area contributed by atoms with E-state index in [4.69, 9.17) is 0 Å². The summed E-state index contributed by atoms with van der Waals surface area (Å²) in [4.78, 5) is 10.3. The van der Waals surface area contributed by atoms with Gasteiger partial charge >= 0.3 is 6.18 Å². The Morgan fingerprint density at radius 2 is 2.14 bits per heavy atom. The van der Waals surface area contributed by atoms with E-state index in [2.05, 4.69) is 20.4 Å². The van der Waals surface area contributed by atoms with E-state index in [1.54, 1.807) is 23.1 Å². The van der Waals surface area contributed by atoms with E-state index >= 15 is 0 Å². The highest BCUT2D eigenvalue weighted by Crippen LogP contribution is 2.30. The van der Waals surface area contributed by atoms with Crippen LogP contribution >= 0.6 is 0 Å². The molecule has 2 aromatic rings. The summed E-state index contributed by atoms with van der Waals surface area (Å²) >= 11 is 0. The Bertz CT molecular complexity index is 933. The van der Waals surface area contributed by atoms with Crippen molar-refractivity contribution < 1.29 is 17.6 Å². The minimum Gasteiger partial charge on any atom is -0.336 e. The van der Waals surface area contributed by atoms with Crippen LogP contribution in [0.1, 0.15) is 29.8 Å². The lowest BCUT2D eigenvalue weighted by Crippen LogP contribution is -2.37. The fourth-order valence-corrected chi connectivity index (χ4v) is 3.62. The first-order valence-corrected chi connectivity index (χ1v) is 9.22. The van der Waals surface area contributed by atoms with Crippen molar-refractivity contribution in [1.29, 1.82) is 0 Å². The van der Waals surface area contributed by atoms with Crippen molar-refractivity contribution in [2.45, 2.75) is 38.0 Å². The molecule has 1 fully saturated rings. The summed E-state index contributed by atoms with van der Waals surface area (Å²) < 4.78 is 54.1. The Kier molecular flexibility index (Phi) is 5.12. The topological polar surface area (TPSA) is 57.8 Å². The molecule has 0 saturated carbocycles. The molecule has 1 N–H and O–H groups in total. The number of aromatic nitrogens is 2. The third-order valence-electron chi connectivity index (χ3n) is 4.85. The molecule has 3 unspecified atom stereocenters. The molecule has 1 aromatic carbocycles. The van der Waals surface area contributed by atoms with Crippen LogP contribution in [0.4, 0.5) is 17.6 Å². The molecule has 2 aliphatic heterocycles. The van der Waals surface area contributed by atoms with E-state index < -0.39 is 17.9 Å². The van der Waals surface area contributed by atoms with Crippen LogP contribution in [-0.4, -0.2) is 52.2 Å². The third kappa shape index (κ3) is 4.16. The second kappa shape index (κ2) is 7.58. The second-order valence-electron chi connectivity index (χ2n) is 7.19. The van der Waals surface area contributed by atoms with Gasteiger partial charge in [0.05, 0.1) is 37.4 Å². The first-order valence-electron chi connectivity index (χ1n) is 9.22. The summed E-state index contributed by atoms with van der Waals surface area (Å²) in [5.74, 6) is 0.736. The molecule has 29 heavy (non-hydrogen) atoms. The van der Waals surface area contributed by atoms with Gasteiger partial charge in [-0.15, -0.1) is 0 Å². The molecule has 154 valence electrons. The van der Waals surface area contributed by atoms with Gasteiger partial charge in [-0.3, -0.25) is 15.0 Å². The van der Waals surface area contributed by atoms with Crippen LogP contribution in [-0.2, 0) is 12.7 Å². The molecule has 1 aromatic heterocycles. The van der Waals surface area contributed by atoms with Crippen LogP contribution in [0.15, 0.2) is 46.6 Å². The number of alkyl halides is 4. The lowest BCUT2D eigenvalue weighted by molar-refractivity contribution is -0.137. The molecular formula is C19H20F4N6. The lowest BCUT2D eigenvalue weighted by atomic mass is 10.1. The molecule has 0 radical (unpaired) electrons. The van der Waals surface area contributed by atoms with E-state index in [9.17, 15) is 17.6 Å². The molecule has 4 rings (SSSR count). The number of halogens is 4. The Hall–Kier alpha value is -2.75. The number of hydrogen-bond donors (Lipinski definition) is 1. The van der Waals surface area contributed by atoms with Crippen molar-refractivity contribution in [2.24, 2.45) is 9.98 Å². The summed E-state index contributed by atoms with van der Waals surface area (Å²) in [5, 5.41) is 7.67. The Balaban J connectivity index is 1.54. The van der Waals surface area contributed by atoms with Gasteiger partial charge in [0.25, 0.3) is 0 Å². The predicted octanol–water partition coefficient (Wildman–Crippen LogP) is 3.02. The van der Waals surface area contributed by atoms with E-state index in [-0.39, 0.29) is 25.3 Å². The predicted molar refractivity (Wildman–Crippen MR) is 101 cm³/mol. The lowest BCUT2D eigenvalue weighted by Gasteiger charge is -2.26. The first kappa shape index (κ1) is 19.6. The van der Waals surface area contributed by atoms with Crippen LogP contribution in [0.25, 0.3) is 0 Å². The quantitative estimate of drug-likeness (QED) is 0.774. The fraction of sp³-hybridized carbons (Fsp3) is 0.421. The van der Waals surface area contributed by atoms with Crippen molar-refractivity contribution in [3.63, 3.8) is 0 Å². The van der Waals surface area contributed by atoms with E-state index in [0.717, 1.165) is 23.5 Å². The Labute approximate surface area is 164 Å². The molecule has 3 atom stereocenters. The maximum atomic E-state index is 13.8. The minimum absolute atomic E-state index is 0.101. The zero-order chi connectivity index (χ0) is 20.6. The van der Waals surface area contributed by atoms with Crippen LogP contribution in [0.2, 0.25) is 0 Å². The zero-order valence-corrected chi connectivity index (χ0v) is 15.6. The normalized spacial score (nSPS) is 22.5. The molecule has 3 heterocycles. The monoisotopic (exact) mass is 408 g/mol. The van der Waals surface area contributed by atoms with Gasteiger partial charge in [-0.2, -0.15) is 18.3 Å². The molecule has 10 heteroatoms. The molecular weight excluding hydrogens is 388 g/mol. The highest BCUT2D eigenvalue weighted by atomic mass is 19.4. The SMILES string of the molecule is CC(F)CN1C2=NC=NCC2NC1c1cnn(Cc2cccc(C(F)(F)F)c2)c1. The van der Waals surface area contributed by atoms with Gasteiger partial charge in [-0.05, 0) is 24.6 Å². The first-order chi connectivity index (χ1) is 13.8. The molecule has 0 amide bonds. The van der Waals surface area contributed by atoms with Crippen molar-refractivity contribution >= 4 is 12.2 Å². The number of aliphatic imine (C=N–C) groups is 2. The van der Waals surface area contributed by atoms with E-state index in [1.807, 2.05) is 4.90 Å². The zero-order valence-electron chi connectivity index (χ0n) is 15.6. The Morgan fingerprint density at radius 3 is 2.90 bits per heavy atom. The highest BCUT2D eigenvalue weighted by Gasteiger charge is 2.39. The summed E-state index contributed by atoms with van der Waals surface area (Å²) in [7, 11) is 0. The van der Waals surface area contributed by atoms with Crippen molar-refractivity contribution in [3.05, 3.63) is 53.3 Å². The molecule has 0 spiro atoms. The average Bonchev–Trinajstić information content (AvgIpc) is 3.26. The minimum atomic E-state index is -4.39. The van der Waals surface area contributed by atoms with E-state index in [1.165, 1.54) is 19.3 Å². The van der Waals surface area contributed by atoms with Crippen LogP contribution in [0.5, 0.6) is 0 Å². The molecule has 0 bridgehead atoms. The van der Waals surface area contributed by atoms with Gasteiger partial charge < -0.3 is 4.90 Å². The number of hydrogen-bond acceptors (Lipinski definition) is 5. The number of rotatable bonds is 5. The van der Waals surface area contributed by atoms with Gasteiger partial charge in [0, 0.05) is 11.8 Å². The van der Waals surface area contributed by atoms with Gasteiger partial charge in [-0.25, -0.2) is 9.38 Å². The van der Waals surface area contributed by atoms with Gasteiger partial charge in [-0.1, -0.05) is 12.1 Å². The largest absolute Gasteiger partial charge is 0.416 e. The fourth-order valence-electron chi connectivity index (χ4n) is 3.62. The average molecular weight is 408 g/mol. The Morgan fingerprint density at radius 1 is 1.31 bits per heavy atom.